The fourth-order valence-corrected chi connectivity index (χ4v) is 2.89. The van der Waals surface area contributed by atoms with E-state index < -0.39 is 12.2 Å². The Labute approximate surface area is 129 Å². The summed E-state index contributed by atoms with van der Waals surface area (Å²) in [6, 6.07) is -1.58. The summed E-state index contributed by atoms with van der Waals surface area (Å²) in [5, 5.41) is 0. The maximum absolute atomic E-state index is 13.3. The average molecular weight is 322 g/mol. The number of likely N-dealkylation sites (tertiary alicyclic amines) is 1. The maximum Gasteiger partial charge on any atom is 0.405 e. The first kappa shape index (κ1) is 17.3. The number of ether oxygens (including phenoxy) is 1. The number of alkyl halides is 3. The number of rotatable bonds is 3. The third-order valence-electron chi connectivity index (χ3n) is 4.22. The first-order chi connectivity index (χ1) is 10.5. The predicted molar refractivity (Wildman–Crippen MR) is 78.8 cm³/mol. The molecule has 0 aliphatic carbocycles. The van der Waals surface area contributed by atoms with E-state index in [9.17, 15) is 13.2 Å². The highest BCUT2D eigenvalue weighted by Gasteiger charge is 2.43. The molecule has 2 saturated heterocycles. The Balaban J connectivity index is 1.98. The molecular formula is C14H25F3N4O. The molecule has 2 aliphatic heterocycles. The number of aliphatic imine (C=N–C) groups is 1. The summed E-state index contributed by atoms with van der Waals surface area (Å²) in [5.74, 6) is 0.240. The van der Waals surface area contributed by atoms with Gasteiger partial charge in [-0.15, -0.1) is 0 Å². The quantitative estimate of drug-likeness (QED) is 0.631. The summed E-state index contributed by atoms with van der Waals surface area (Å²) in [7, 11) is 0. The minimum atomic E-state index is -4.31. The summed E-state index contributed by atoms with van der Waals surface area (Å²) in [5.41, 5.74) is 5.90. The summed E-state index contributed by atoms with van der Waals surface area (Å²) < 4.78 is 44.9. The largest absolute Gasteiger partial charge is 0.405 e. The van der Waals surface area contributed by atoms with Gasteiger partial charge in [-0.2, -0.15) is 13.2 Å². The van der Waals surface area contributed by atoms with E-state index in [1.807, 2.05) is 4.90 Å². The second kappa shape index (κ2) is 8.01. The monoisotopic (exact) mass is 322 g/mol. The Morgan fingerprint density at radius 1 is 1.05 bits per heavy atom. The van der Waals surface area contributed by atoms with Gasteiger partial charge in [0.2, 0.25) is 0 Å². The van der Waals surface area contributed by atoms with Crippen molar-refractivity contribution in [1.29, 1.82) is 0 Å². The SMILES string of the molecule is NC(=NCC(N1CCOCC1)C(F)(F)F)N1CCCCCC1. The smallest absolute Gasteiger partial charge is 0.379 e. The van der Waals surface area contributed by atoms with Crippen LogP contribution < -0.4 is 5.73 Å². The molecule has 0 spiro atoms. The minimum Gasteiger partial charge on any atom is -0.379 e. The molecule has 2 rings (SSSR count). The lowest BCUT2D eigenvalue weighted by Crippen LogP contribution is -2.52. The van der Waals surface area contributed by atoms with E-state index in [4.69, 9.17) is 10.5 Å². The molecule has 1 unspecified atom stereocenters. The molecule has 128 valence electrons. The lowest BCUT2D eigenvalue weighted by atomic mass is 10.2. The molecule has 2 fully saturated rings. The van der Waals surface area contributed by atoms with Crippen LogP contribution in [0.25, 0.3) is 0 Å². The van der Waals surface area contributed by atoms with Gasteiger partial charge in [-0.1, -0.05) is 12.8 Å². The van der Waals surface area contributed by atoms with Crippen LogP contribution in [0.4, 0.5) is 13.2 Å². The van der Waals surface area contributed by atoms with E-state index in [-0.39, 0.29) is 25.6 Å². The first-order valence-electron chi connectivity index (χ1n) is 7.92. The van der Waals surface area contributed by atoms with Crippen LogP contribution >= 0.6 is 0 Å². The van der Waals surface area contributed by atoms with Crippen LogP contribution in [0.5, 0.6) is 0 Å². The molecule has 0 saturated carbocycles. The zero-order chi connectivity index (χ0) is 16.0. The normalized spacial score (nSPS) is 24.1. The topological polar surface area (TPSA) is 54.1 Å². The maximum atomic E-state index is 13.3. The van der Waals surface area contributed by atoms with Crippen molar-refractivity contribution in [2.24, 2.45) is 10.7 Å². The number of nitrogens with zero attached hydrogens (tertiary/aromatic N) is 3. The Morgan fingerprint density at radius 3 is 2.18 bits per heavy atom. The lowest BCUT2D eigenvalue weighted by Gasteiger charge is -2.34. The number of hydrogen-bond donors (Lipinski definition) is 1. The number of morpholine rings is 1. The number of guanidine groups is 1. The Bertz CT molecular complexity index is 362. The molecule has 8 heteroatoms. The number of hydrogen-bond acceptors (Lipinski definition) is 3. The van der Waals surface area contributed by atoms with Gasteiger partial charge in [-0.25, -0.2) is 0 Å². The highest BCUT2D eigenvalue weighted by molar-refractivity contribution is 5.78. The van der Waals surface area contributed by atoms with Crippen LogP contribution in [0.2, 0.25) is 0 Å². The fourth-order valence-electron chi connectivity index (χ4n) is 2.89. The third-order valence-corrected chi connectivity index (χ3v) is 4.22. The lowest BCUT2D eigenvalue weighted by molar-refractivity contribution is -0.188. The van der Waals surface area contributed by atoms with Crippen LogP contribution in [-0.4, -0.2) is 73.9 Å². The molecule has 1 atom stereocenters. The summed E-state index contributed by atoms with van der Waals surface area (Å²) in [6.45, 7) is 2.45. The van der Waals surface area contributed by atoms with E-state index in [2.05, 4.69) is 4.99 Å². The van der Waals surface area contributed by atoms with Gasteiger partial charge in [0, 0.05) is 26.2 Å². The van der Waals surface area contributed by atoms with Crippen LogP contribution in [0.15, 0.2) is 4.99 Å². The highest BCUT2D eigenvalue weighted by atomic mass is 19.4. The van der Waals surface area contributed by atoms with E-state index in [0.717, 1.165) is 38.8 Å². The van der Waals surface area contributed by atoms with Gasteiger partial charge < -0.3 is 15.4 Å². The van der Waals surface area contributed by atoms with E-state index in [1.165, 1.54) is 4.90 Å². The van der Waals surface area contributed by atoms with E-state index in [1.54, 1.807) is 0 Å². The zero-order valence-electron chi connectivity index (χ0n) is 12.8. The Morgan fingerprint density at radius 2 is 1.64 bits per heavy atom. The van der Waals surface area contributed by atoms with E-state index in [0.29, 0.717) is 13.2 Å². The average Bonchev–Trinajstić information content (AvgIpc) is 2.76. The zero-order valence-corrected chi connectivity index (χ0v) is 12.8. The van der Waals surface area contributed by atoms with Crippen molar-refractivity contribution in [2.75, 3.05) is 45.9 Å². The van der Waals surface area contributed by atoms with Gasteiger partial charge in [-0.05, 0) is 12.8 Å². The van der Waals surface area contributed by atoms with Crippen molar-refractivity contribution in [1.82, 2.24) is 9.80 Å². The summed E-state index contributed by atoms with van der Waals surface area (Å²) in [4.78, 5) is 7.34. The van der Waals surface area contributed by atoms with Gasteiger partial charge in [0.1, 0.15) is 6.04 Å². The van der Waals surface area contributed by atoms with Crippen molar-refractivity contribution in [3.63, 3.8) is 0 Å². The van der Waals surface area contributed by atoms with Crippen molar-refractivity contribution in [3.05, 3.63) is 0 Å². The molecule has 0 radical (unpaired) electrons. The molecule has 0 bridgehead atoms. The standard InChI is InChI=1S/C14H25F3N4O/c15-14(16,17)12(20-7-9-22-10-8-20)11-19-13(18)21-5-3-1-2-4-6-21/h12H,1-11H2,(H2,18,19). The first-order valence-corrected chi connectivity index (χ1v) is 7.92. The molecule has 2 N–H and O–H groups in total. The van der Waals surface area contributed by atoms with Gasteiger partial charge in [-0.3, -0.25) is 9.89 Å². The van der Waals surface area contributed by atoms with Gasteiger partial charge in [0.05, 0.1) is 19.8 Å². The predicted octanol–water partition coefficient (Wildman–Crippen LogP) is 1.44. The molecule has 0 amide bonds. The summed E-state index contributed by atoms with van der Waals surface area (Å²) in [6.07, 6.45) is 0.0101. The third kappa shape index (κ3) is 5.01. The van der Waals surface area contributed by atoms with Crippen LogP contribution in [0, 0.1) is 0 Å². The minimum absolute atomic E-state index is 0.240. The molecule has 22 heavy (non-hydrogen) atoms. The van der Waals surface area contributed by atoms with Crippen LogP contribution in [-0.2, 0) is 4.74 Å². The van der Waals surface area contributed by atoms with Crippen molar-refractivity contribution >= 4 is 5.96 Å². The summed E-state index contributed by atoms with van der Waals surface area (Å²) >= 11 is 0. The van der Waals surface area contributed by atoms with Gasteiger partial charge in [0.15, 0.2) is 5.96 Å². The number of nitrogens with two attached hydrogens (primary N) is 1. The van der Waals surface area contributed by atoms with Crippen molar-refractivity contribution in [3.8, 4) is 0 Å². The molecule has 0 aromatic rings. The highest BCUT2D eigenvalue weighted by Crippen LogP contribution is 2.26. The second-order valence-corrected chi connectivity index (χ2v) is 5.81. The fraction of sp³-hybridized carbons (Fsp3) is 0.929. The Hall–Kier alpha value is -1.02. The second-order valence-electron chi connectivity index (χ2n) is 5.81. The Kier molecular flexibility index (Phi) is 6.31. The molecule has 0 aromatic heterocycles. The molecular weight excluding hydrogens is 297 g/mol. The number of halogens is 3. The van der Waals surface area contributed by atoms with Crippen molar-refractivity contribution in [2.45, 2.75) is 37.9 Å². The van der Waals surface area contributed by atoms with Gasteiger partial charge in [0.25, 0.3) is 0 Å². The van der Waals surface area contributed by atoms with Crippen molar-refractivity contribution < 1.29 is 17.9 Å². The molecule has 5 nitrogen and oxygen atoms in total. The van der Waals surface area contributed by atoms with Crippen LogP contribution in [0.3, 0.4) is 0 Å². The molecule has 2 heterocycles. The molecule has 0 aromatic carbocycles. The van der Waals surface area contributed by atoms with E-state index >= 15 is 0 Å². The van der Waals surface area contributed by atoms with Gasteiger partial charge >= 0.3 is 6.18 Å². The van der Waals surface area contributed by atoms with Crippen LogP contribution in [0.1, 0.15) is 25.7 Å². The molecule has 2 aliphatic rings.